The number of aromatic nitrogens is 3. The lowest BCUT2D eigenvalue weighted by Gasteiger charge is -2.26. The van der Waals surface area contributed by atoms with E-state index in [0.717, 1.165) is 32.1 Å². The Labute approximate surface area is 162 Å². The van der Waals surface area contributed by atoms with Gasteiger partial charge in [-0.15, -0.1) is 0 Å². The summed E-state index contributed by atoms with van der Waals surface area (Å²) in [6.07, 6.45) is 13.5. The van der Waals surface area contributed by atoms with Crippen LogP contribution in [0, 0.1) is 5.92 Å². The second kappa shape index (κ2) is 8.81. The Balaban J connectivity index is 1.36. The summed E-state index contributed by atoms with van der Waals surface area (Å²) >= 11 is 0. The van der Waals surface area contributed by atoms with E-state index in [1.807, 2.05) is 18.5 Å². The molecule has 144 valence electrons. The fourth-order valence-corrected chi connectivity index (χ4v) is 4.34. The first-order valence-corrected chi connectivity index (χ1v) is 10.3. The van der Waals surface area contributed by atoms with E-state index in [1.165, 1.54) is 55.7 Å². The maximum Gasteiger partial charge on any atom is 0.0768 e. The molecule has 1 unspecified atom stereocenters. The van der Waals surface area contributed by atoms with E-state index < -0.39 is 0 Å². The van der Waals surface area contributed by atoms with Gasteiger partial charge in [-0.2, -0.15) is 5.10 Å². The zero-order valence-electron chi connectivity index (χ0n) is 16.4. The largest absolute Gasteiger partial charge is 0.297 e. The van der Waals surface area contributed by atoms with Crippen molar-refractivity contribution in [1.29, 1.82) is 0 Å². The Morgan fingerprint density at radius 2 is 2.19 bits per heavy atom. The van der Waals surface area contributed by atoms with Crippen LogP contribution in [0.5, 0.6) is 0 Å². The Morgan fingerprint density at radius 1 is 1.22 bits per heavy atom. The molecule has 1 atom stereocenters. The highest BCUT2D eigenvalue weighted by Gasteiger charge is 2.20. The molecule has 4 rings (SSSR count). The number of fused-ring (bicyclic) bond motifs is 1. The molecule has 5 heteroatoms. The minimum atomic E-state index is 0.828. The standard InChI is InChI=1S/C22H31N5/c1-25(15-20-9-5-10-23-14-20)17-21-13-22-18-26(11-6-12-27(22)24-21)16-19-7-3-2-4-8-19/h2-3,5,9-10,13-14,19H,4,6-8,11-12,15-18H2,1H3. The molecular weight excluding hydrogens is 334 g/mol. The summed E-state index contributed by atoms with van der Waals surface area (Å²) in [6.45, 7) is 6.29. The van der Waals surface area contributed by atoms with E-state index in [2.05, 4.69) is 50.8 Å². The molecule has 0 aromatic carbocycles. The van der Waals surface area contributed by atoms with Crippen LogP contribution in [0.3, 0.4) is 0 Å². The van der Waals surface area contributed by atoms with Crippen LogP contribution in [0.25, 0.3) is 0 Å². The summed E-state index contributed by atoms with van der Waals surface area (Å²) < 4.78 is 2.24. The highest BCUT2D eigenvalue weighted by molar-refractivity contribution is 5.13. The smallest absolute Gasteiger partial charge is 0.0768 e. The van der Waals surface area contributed by atoms with E-state index >= 15 is 0 Å². The Kier molecular flexibility index (Phi) is 6.00. The summed E-state index contributed by atoms with van der Waals surface area (Å²) in [7, 11) is 2.15. The predicted molar refractivity (Wildman–Crippen MR) is 108 cm³/mol. The van der Waals surface area contributed by atoms with Crippen molar-refractivity contribution in [3.63, 3.8) is 0 Å². The van der Waals surface area contributed by atoms with Gasteiger partial charge < -0.3 is 0 Å². The SMILES string of the molecule is CN(Cc1cccnc1)Cc1cc2n(n1)CCCN(CC1CC=CCC1)C2. The van der Waals surface area contributed by atoms with Gasteiger partial charge in [-0.25, -0.2) is 0 Å². The lowest BCUT2D eigenvalue weighted by Crippen LogP contribution is -2.29. The van der Waals surface area contributed by atoms with E-state index in [0.29, 0.717) is 0 Å². The molecule has 0 fully saturated rings. The summed E-state index contributed by atoms with van der Waals surface area (Å²) in [5.41, 5.74) is 3.80. The number of hydrogen-bond acceptors (Lipinski definition) is 4. The van der Waals surface area contributed by atoms with Gasteiger partial charge in [0.1, 0.15) is 0 Å². The van der Waals surface area contributed by atoms with Gasteiger partial charge in [0.25, 0.3) is 0 Å². The first-order chi connectivity index (χ1) is 13.3. The van der Waals surface area contributed by atoms with Gasteiger partial charge in [0, 0.05) is 51.7 Å². The van der Waals surface area contributed by atoms with Crippen molar-refractivity contribution in [2.24, 2.45) is 5.92 Å². The number of rotatable bonds is 6. The molecular formula is C22H31N5. The third kappa shape index (κ3) is 5.05. The third-order valence-electron chi connectivity index (χ3n) is 5.65. The maximum absolute atomic E-state index is 4.90. The summed E-state index contributed by atoms with van der Waals surface area (Å²) in [4.78, 5) is 9.17. The molecule has 27 heavy (non-hydrogen) atoms. The third-order valence-corrected chi connectivity index (χ3v) is 5.65. The molecule has 0 saturated heterocycles. The van der Waals surface area contributed by atoms with Crippen molar-refractivity contribution in [1.82, 2.24) is 24.6 Å². The van der Waals surface area contributed by atoms with Crippen LogP contribution < -0.4 is 0 Å². The first-order valence-electron chi connectivity index (χ1n) is 10.3. The van der Waals surface area contributed by atoms with Crippen molar-refractivity contribution in [2.75, 3.05) is 20.1 Å². The average Bonchev–Trinajstić information content (AvgIpc) is 2.94. The van der Waals surface area contributed by atoms with Gasteiger partial charge in [0.05, 0.1) is 11.4 Å². The Morgan fingerprint density at radius 3 is 3.00 bits per heavy atom. The van der Waals surface area contributed by atoms with Crippen molar-refractivity contribution in [2.45, 2.75) is 51.9 Å². The van der Waals surface area contributed by atoms with Gasteiger partial charge in [0.15, 0.2) is 0 Å². The summed E-state index contributed by atoms with van der Waals surface area (Å²) in [6, 6.07) is 6.45. The number of hydrogen-bond donors (Lipinski definition) is 0. The van der Waals surface area contributed by atoms with E-state index in [1.54, 1.807) is 0 Å². The Hall–Kier alpha value is -1.98. The minimum absolute atomic E-state index is 0.828. The van der Waals surface area contributed by atoms with Crippen LogP contribution in [-0.2, 0) is 26.2 Å². The zero-order chi connectivity index (χ0) is 18.5. The predicted octanol–water partition coefficient (Wildman–Crippen LogP) is 3.47. The van der Waals surface area contributed by atoms with Crippen molar-refractivity contribution < 1.29 is 0 Å². The fourth-order valence-electron chi connectivity index (χ4n) is 4.34. The lowest BCUT2D eigenvalue weighted by molar-refractivity contribution is 0.218. The van der Waals surface area contributed by atoms with Crippen LogP contribution in [0.2, 0.25) is 0 Å². The minimum Gasteiger partial charge on any atom is -0.297 e. The zero-order valence-corrected chi connectivity index (χ0v) is 16.4. The van der Waals surface area contributed by atoms with Gasteiger partial charge in [0.2, 0.25) is 0 Å². The molecule has 2 aromatic rings. The fraction of sp³-hybridized carbons (Fsp3) is 0.545. The normalized spacial score (nSPS) is 20.6. The molecule has 2 aliphatic rings. The van der Waals surface area contributed by atoms with Gasteiger partial charge in [-0.3, -0.25) is 19.5 Å². The molecule has 0 saturated carbocycles. The molecule has 0 spiro atoms. The van der Waals surface area contributed by atoms with Crippen LogP contribution in [0.1, 0.15) is 42.6 Å². The number of pyridine rings is 1. The van der Waals surface area contributed by atoms with Crippen molar-refractivity contribution in [3.05, 3.63) is 59.7 Å². The molecule has 0 amide bonds. The van der Waals surface area contributed by atoms with E-state index in [4.69, 9.17) is 5.10 Å². The molecule has 5 nitrogen and oxygen atoms in total. The van der Waals surface area contributed by atoms with Crippen LogP contribution in [0.4, 0.5) is 0 Å². The molecule has 0 N–H and O–H groups in total. The maximum atomic E-state index is 4.90. The van der Waals surface area contributed by atoms with Crippen LogP contribution in [-0.4, -0.2) is 44.7 Å². The van der Waals surface area contributed by atoms with Crippen molar-refractivity contribution >= 4 is 0 Å². The molecule has 3 heterocycles. The van der Waals surface area contributed by atoms with Gasteiger partial charge >= 0.3 is 0 Å². The molecule has 2 aromatic heterocycles. The van der Waals surface area contributed by atoms with E-state index in [-0.39, 0.29) is 0 Å². The second-order valence-corrected chi connectivity index (χ2v) is 8.12. The summed E-state index contributed by atoms with van der Waals surface area (Å²) in [5.74, 6) is 0.828. The average molecular weight is 366 g/mol. The highest BCUT2D eigenvalue weighted by Crippen LogP contribution is 2.22. The Bertz CT molecular complexity index is 751. The first kappa shape index (κ1) is 18.4. The lowest BCUT2D eigenvalue weighted by atomic mass is 9.94. The molecule has 0 radical (unpaired) electrons. The molecule has 0 bridgehead atoms. The second-order valence-electron chi connectivity index (χ2n) is 8.12. The number of nitrogens with zero attached hydrogens (tertiary/aromatic N) is 5. The highest BCUT2D eigenvalue weighted by atomic mass is 15.3. The quantitative estimate of drug-likeness (QED) is 0.735. The molecule has 1 aliphatic carbocycles. The van der Waals surface area contributed by atoms with E-state index in [9.17, 15) is 0 Å². The van der Waals surface area contributed by atoms with Crippen LogP contribution >= 0.6 is 0 Å². The summed E-state index contributed by atoms with van der Waals surface area (Å²) in [5, 5.41) is 4.90. The topological polar surface area (TPSA) is 37.2 Å². The number of allylic oxidation sites excluding steroid dienone is 2. The van der Waals surface area contributed by atoms with Gasteiger partial charge in [-0.1, -0.05) is 18.2 Å². The van der Waals surface area contributed by atoms with Crippen LogP contribution in [0.15, 0.2) is 42.7 Å². The number of aryl methyl sites for hydroxylation is 1. The molecule has 1 aliphatic heterocycles. The van der Waals surface area contributed by atoms with Crippen molar-refractivity contribution in [3.8, 4) is 0 Å². The monoisotopic (exact) mass is 365 g/mol. The van der Waals surface area contributed by atoms with Gasteiger partial charge in [-0.05, 0) is 56.3 Å².